The maximum atomic E-state index is 19.0. The van der Waals surface area contributed by atoms with Gasteiger partial charge >= 0.3 is 24.2 Å². The molecule has 450 valence electrons. The van der Waals surface area contributed by atoms with Crippen molar-refractivity contribution in [3.8, 4) is 11.6 Å². The molecule has 19 nitrogen and oxygen atoms in total. The zero-order valence-electron chi connectivity index (χ0n) is 50.9. The zero-order chi connectivity index (χ0) is 61.1. The van der Waals surface area contributed by atoms with Gasteiger partial charge in [0, 0.05) is 48.7 Å². The van der Waals surface area contributed by atoms with E-state index in [9.17, 15) is 29.4 Å². The number of carbonyl (C=O) groups is 6. The topological polar surface area (TPSA) is 234 Å². The predicted octanol–water partition coefficient (Wildman–Crippen LogP) is 12.9. The predicted molar refractivity (Wildman–Crippen MR) is 307 cm³/mol. The Hall–Kier alpha value is -6.06. The number of aliphatic carboxylic acids is 1. The first-order valence-corrected chi connectivity index (χ1v) is 31.2. The van der Waals surface area contributed by atoms with E-state index in [0.717, 1.165) is 11.3 Å². The Morgan fingerprint density at radius 3 is 1.83 bits per heavy atom. The summed E-state index contributed by atoms with van der Waals surface area (Å²) in [6, 6.07) is -2.87. The molecule has 21 heteroatoms. The second-order valence-corrected chi connectivity index (χ2v) is 30.4. The van der Waals surface area contributed by atoms with Crippen molar-refractivity contribution in [2.75, 3.05) is 37.7 Å². The van der Waals surface area contributed by atoms with Gasteiger partial charge in [0.1, 0.15) is 45.7 Å². The molecule has 0 spiro atoms. The average Bonchev–Trinajstić information content (AvgIpc) is 2.47. The molecule has 0 saturated heterocycles. The van der Waals surface area contributed by atoms with Gasteiger partial charge in [-0.25, -0.2) is 23.6 Å². The van der Waals surface area contributed by atoms with Crippen LogP contribution in [0, 0.1) is 17.7 Å². The normalized spacial score (nSPS) is 19.6. The standard InChI is InChI=1S/C60H89FN4O15Si/c1-20-25-30-74-47-41-36(43(61)37(34-39(52(69)70)64(29-24-5)53(71)76-56(6,7)8)44(47)65(54(72)77-57(9,10)11)55(73)78-58(12,13)14)32-35-33-38-45(63(27-22-3)28-23-4)48-42(51(62-79-48)75-31-26-21-2)50(68)60(38,49(67)40(35)46(41)66)80-81(18,19)59(15,16)17/h22-23,35,38-39,45,66H,3-4,20-21,24-34H2,1-2,5-19H3,(H,69,70)/t35-,38-,39?,45-,60-/m0/s1. The van der Waals surface area contributed by atoms with Gasteiger partial charge in [-0.1, -0.05) is 66.5 Å². The van der Waals surface area contributed by atoms with Crippen LogP contribution < -0.4 is 14.4 Å². The molecule has 2 N–H and O–H groups in total. The fourth-order valence-electron chi connectivity index (χ4n) is 10.3. The summed E-state index contributed by atoms with van der Waals surface area (Å²) in [6.07, 6.45) is 0.540. The van der Waals surface area contributed by atoms with E-state index < -0.39 is 136 Å². The van der Waals surface area contributed by atoms with Gasteiger partial charge < -0.3 is 42.8 Å². The third-order valence-corrected chi connectivity index (χ3v) is 19.2. The smallest absolute Gasteiger partial charge is 0.424 e. The van der Waals surface area contributed by atoms with E-state index in [-0.39, 0.29) is 80.5 Å². The second-order valence-electron chi connectivity index (χ2n) is 25.7. The van der Waals surface area contributed by atoms with Crippen molar-refractivity contribution >= 4 is 55.6 Å². The number of amides is 3. The molecule has 1 unspecified atom stereocenters. The highest BCUT2D eigenvalue weighted by Gasteiger charge is 2.69. The third kappa shape index (κ3) is 13.9. The Morgan fingerprint density at radius 2 is 1.35 bits per heavy atom. The van der Waals surface area contributed by atoms with E-state index in [1.807, 2.05) is 52.6 Å². The first kappa shape index (κ1) is 65.7. The van der Waals surface area contributed by atoms with Crippen molar-refractivity contribution in [2.45, 2.75) is 208 Å². The van der Waals surface area contributed by atoms with Crippen LogP contribution in [0.1, 0.15) is 181 Å². The van der Waals surface area contributed by atoms with Crippen molar-refractivity contribution in [3.63, 3.8) is 0 Å². The summed E-state index contributed by atoms with van der Waals surface area (Å²) in [5, 5.41) is 28.1. The van der Waals surface area contributed by atoms with Crippen LogP contribution in [0.3, 0.4) is 0 Å². The Labute approximate surface area is 478 Å². The summed E-state index contributed by atoms with van der Waals surface area (Å²) >= 11 is 0. The van der Waals surface area contributed by atoms with E-state index in [1.54, 1.807) is 39.8 Å². The van der Waals surface area contributed by atoms with Gasteiger partial charge in [-0.3, -0.25) is 19.4 Å². The van der Waals surface area contributed by atoms with Crippen LogP contribution in [-0.2, 0) is 41.1 Å². The molecule has 5 rings (SSSR count). The van der Waals surface area contributed by atoms with Crippen molar-refractivity contribution < 1.29 is 76.0 Å². The number of benzene rings is 1. The summed E-state index contributed by atoms with van der Waals surface area (Å²) in [5.41, 5.74) is -8.56. The minimum Gasteiger partial charge on any atom is -0.507 e. The second kappa shape index (κ2) is 25.2. The number of rotatable bonds is 22. The maximum Gasteiger partial charge on any atom is 0.424 e. The van der Waals surface area contributed by atoms with Gasteiger partial charge in [0.2, 0.25) is 11.6 Å². The maximum absolute atomic E-state index is 19.0. The van der Waals surface area contributed by atoms with Crippen LogP contribution in [0.2, 0.25) is 18.1 Å². The lowest BCUT2D eigenvalue weighted by Gasteiger charge is -2.55. The largest absolute Gasteiger partial charge is 0.507 e. The van der Waals surface area contributed by atoms with Crippen LogP contribution >= 0.6 is 0 Å². The lowest BCUT2D eigenvalue weighted by Crippen LogP contribution is -2.68. The van der Waals surface area contributed by atoms with Crippen LogP contribution in [0.25, 0.3) is 5.76 Å². The minimum atomic E-state index is -3.27. The van der Waals surface area contributed by atoms with E-state index in [4.69, 9.17) is 32.6 Å². The number of hydrogen-bond donors (Lipinski definition) is 2. The van der Waals surface area contributed by atoms with Crippen molar-refractivity contribution in [3.05, 3.63) is 64.7 Å². The Kier molecular flexibility index (Phi) is 20.5. The number of Topliss-reactive ketones (excluding diaryl/α,β-unsaturated/α-hetero) is 2. The summed E-state index contributed by atoms with van der Waals surface area (Å²) < 4.78 is 62.6. The minimum absolute atomic E-state index is 0.101. The fraction of sp³-hybridized carbons (Fsp3) is 0.650. The molecule has 0 bridgehead atoms. The summed E-state index contributed by atoms with van der Waals surface area (Å²) in [5.74, 6) is -8.05. The number of carboxylic acid groups (broad SMARTS) is 1. The first-order valence-electron chi connectivity index (χ1n) is 28.3. The monoisotopic (exact) mass is 1150 g/mol. The average molecular weight is 1150 g/mol. The molecule has 0 radical (unpaired) electrons. The number of halogens is 1. The lowest BCUT2D eigenvalue weighted by atomic mass is 9.57. The molecule has 1 aromatic carbocycles. The molecule has 1 aromatic heterocycles. The fourth-order valence-corrected chi connectivity index (χ4v) is 11.8. The number of ether oxygens (including phenoxy) is 5. The van der Waals surface area contributed by atoms with Gasteiger partial charge in [-0.15, -0.1) is 13.2 Å². The van der Waals surface area contributed by atoms with E-state index in [2.05, 4.69) is 18.3 Å². The SMILES string of the molecule is C=CCN(CC=C)[C@@H]1c2onc(OCCCC)c2C(=O)[C@@]2(O[Si](C)(C)C(C)(C)C)C(=O)C3=C(O)c4c(c(F)c(CC(C(=O)O)N(CCC)C(=O)OC(C)(C)C)c(N(C(=O)OC(C)(C)C)C(=O)OC(C)(C)C)c4OCCCC)C[C@H]3C[C@@H]12. The molecule has 1 heterocycles. The highest BCUT2D eigenvalue weighted by molar-refractivity contribution is 6.74. The number of unbranched alkanes of at least 4 members (excludes halogenated alkanes) is 2. The number of aromatic nitrogens is 1. The van der Waals surface area contributed by atoms with Crippen LogP contribution in [0.4, 0.5) is 24.5 Å². The van der Waals surface area contributed by atoms with Crippen LogP contribution in [0.15, 0.2) is 35.4 Å². The number of imide groups is 1. The molecular weight excluding hydrogens is 1060 g/mol. The number of anilines is 1. The highest BCUT2D eigenvalue weighted by Crippen LogP contribution is 2.60. The Bertz CT molecular complexity index is 2720. The van der Waals surface area contributed by atoms with Crippen LogP contribution in [0.5, 0.6) is 11.6 Å². The van der Waals surface area contributed by atoms with E-state index in [1.165, 1.54) is 41.5 Å². The molecule has 81 heavy (non-hydrogen) atoms. The van der Waals surface area contributed by atoms with E-state index >= 15 is 14.0 Å². The molecule has 1 saturated carbocycles. The molecule has 0 aliphatic heterocycles. The van der Waals surface area contributed by atoms with Gasteiger partial charge in [-0.05, 0) is 124 Å². The first-order chi connectivity index (χ1) is 37.5. The lowest BCUT2D eigenvalue weighted by molar-refractivity contribution is -0.143. The number of ketones is 2. The number of aliphatic hydroxyl groups is 1. The van der Waals surface area contributed by atoms with Crippen molar-refractivity contribution in [1.29, 1.82) is 0 Å². The van der Waals surface area contributed by atoms with E-state index in [0.29, 0.717) is 24.2 Å². The molecule has 3 amide bonds. The Morgan fingerprint density at radius 1 is 0.815 bits per heavy atom. The number of hydrogen-bond acceptors (Lipinski definition) is 16. The van der Waals surface area contributed by atoms with Gasteiger partial charge in [0.25, 0.3) is 5.88 Å². The molecule has 3 aliphatic carbocycles. The quantitative estimate of drug-likeness (QED) is 0.0367. The number of fused-ring (bicyclic) bond motifs is 4. The number of carboxylic acids is 1. The van der Waals surface area contributed by atoms with Crippen molar-refractivity contribution in [1.82, 2.24) is 15.0 Å². The summed E-state index contributed by atoms with van der Waals surface area (Å²) in [6.45, 7) is 37.4. The van der Waals surface area contributed by atoms with Crippen LogP contribution in [-0.4, -0.2) is 131 Å². The summed E-state index contributed by atoms with van der Waals surface area (Å²) in [7, 11) is -3.27. The summed E-state index contributed by atoms with van der Waals surface area (Å²) in [4.78, 5) is 93.6. The number of carbonyl (C=O) groups excluding carboxylic acids is 5. The molecule has 3 aliphatic rings. The zero-order valence-corrected chi connectivity index (χ0v) is 51.9. The van der Waals surface area contributed by atoms with Gasteiger partial charge in [0.05, 0.1) is 24.8 Å². The Balaban J connectivity index is 2.04. The number of nitrogens with zero attached hydrogens (tertiary/aromatic N) is 4. The third-order valence-electron chi connectivity index (χ3n) is 14.8. The highest BCUT2D eigenvalue weighted by atomic mass is 28.4. The van der Waals surface area contributed by atoms with Crippen molar-refractivity contribution in [2.24, 2.45) is 11.8 Å². The molecule has 2 aromatic rings. The van der Waals surface area contributed by atoms with Gasteiger partial charge in [-0.2, -0.15) is 4.90 Å². The molecule has 1 fully saturated rings. The van der Waals surface area contributed by atoms with Gasteiger partial charge in [0.15, 0.2) is 25.4 Å². The molecule has 5 atom stereocenters. The molecular formula is C60H89FN4O15Si. The number of aliphatic hydroxyl groups excluding tert-OH is 1.